The lowest BCUT2D eigenvalue weighted by atomic mass is 9.95. The number of benzene rings is 3. The Morgan fingerprint density at radius 2 is 1.69 bits per heavy atom. The minimum absolute atomic E-state index is 0.0229. The zero-order chi connectivity index (χ0) is 26.0. The zero-order valence-electron chi connectivity index (χ0n) is 20.5. The average Bonchev–Trinajstić information content (AvgIpc) is 3.14. The Balaban J connectivity index is 1.89. The van der Waals surface area contributed by atoms with Crippen LogP contribution in [0.2, 0.25) is 5.02 Å². The molecule has 36 heavy (non-hydrogen) atoms. The van der Waals surface area contributed by atoms with Crippen LogP contribution in [0.3, 0.4) is 0 Å². The monoisotopic (exact) mass is 506 g/mol. The predicted octanol–water partition coefficient (Wildman–Crippen LogP) is 5.44. The van der Waals surface area contributed by atoms with Crippen LogP contribution in [0.4, 0.5) is 11.4 Å². The van der Waals surface area contributed by atoms with Gasteiger partial charge < -0.3 is 19.5 Å². The number of carbonyl (C=O) groups excluding carboxylic acids is 2. The first-order valence-corrected chi connectivity index (χ1v) is 11.8. The number of hydrogen-bond acceptors (Lipinski definition) is 6. The minimum Gasteiger partial charge on any atom is -0.507 e. The fourth-order valence-electron chi connectivity index (χ4n) is 4.20. The summed E-state index contributed by atoms with van der Waals surface area (Å²) in [5.41, 5.74) is 2.42. The number of methoxy groups -OCH3 is 1. The highest BCUT2D eigenvalue weighted by Crippen LogP contribution is 2.43. The number of nitrogens with zero attached hydrogens (tertiary/aromatic N) is 2. The quantitative estimate of drug-likeness (QED) is 0.261. The topological polar surface area (TPSA) is 79.3 Å². The summed E-state index contributed by atoms with van der Waals surface area (Å²) in [6, 6.07) is 18.3. The molecule has 1 atom stereocenters. The van der Waals surface area contributed by atoms with Crippen molar-refractivity contribution in [2.75, 3.05) is 37.6 Å². The molecule has 1 aliphatic rings. The summed E-state index contributed by atoms with van der Waals surface area (Å²) < 4.78 is 10.8. The highest BCUT2D eigenvalue weighted by molar-refractivity contribution is 6.51. The first kappa shape index (κ1) is 25.1. The first-order valence-electron chi connectivity index (χ1n) is 11.4. The van der Waals surface area contributed by atoms with Crippen molar-refractivity contribution in [3.8, 4) is 11.5 Å². The number of Topliss-reactive ketones (excluding diaryl/α,β-unsaturated/α-hetero) is 1. The lowest BCUT2D eigenvalue weighted by Gasteiger charge is -2.26. The van der Waals surface area contributed by atoms with Crippen molar-refractivity contribution in [3.63, 3.8) is 0 Å². The first-order chi connectivity index (χ1) is 17.3. The van der Waals surface area contributed by atoms with Crippen LogP contribution in [0.25, 0.3) is 5.76 Å². The molecule has 186 valence electrons. The number of carbonyl (C=O) groups is 2. The lowest BCUT2D eigenvalue weighted by molar-refractivity contribution is -0.132. The van der Waals surface area contributed by atoms with E-state index in [2.05, 4.69) is 0 Å². The van der Waals surface area contributed by atoms with Gasteiger partial charge in [-0.2, -0.15) is 0 Å². The second-order valence-corrected chi connectivity index (χ2v) is 8.84. The Morgan fingerprint density at radius 3 is 2.28 bits per heavy atom. The van der Waals surface area contributed by atoms with Crippen LogP contribution in [-0.4, -0.2) is 44.6 Å². The normalized spacial score (nSPS) is 16.8. The second-order valence-electron chi connectivity index (χ2n) is 8.43. The minimum atomic E-state index is -0.854. The molecule has 1 amide bonds. The van der Waals surface area contributed by atoms with Gasteiger partial charge in [-0.25, -0.2) is 0 Å². The molecular weight excluding hydrogens is 480 g/mol. The number of halogens is 1. The van der Waals surface area contributed by atoms with E-state index >= 15 is 0 Å². The third-order valence-corrected chi connectivity index (χ3v) is 6.33. The highest BCUT2D eigenvalue weighted by atomic mass is 35.5. The number of hydrogen-bond donors (Lipinski definition) is 1. The predicted molar refractivity (Wildman–Crippen MR) is 141 cm³/mol. The van der Waals surface area contributed by atoms with Crippen LogP contribution in [0.5, 0.6) is 11.5 Å². The van der Waals surface area contributed by atoms with Crippen LogP contribution >= 0.6 is 11.6 Å². The summed E-state index contributed by atoms with van der Waals surface area (Å²) in [6.45, 7) is 2.40. The second kappa shape index (κ2) is 10.3. The molecule has 1 fully saturated rings. The van der Waals surface area contributed by atoms with Crippen molar-refractivity contribution in [1.29, 1.82) is 0 Å². The molecule has 0 aromatic heterocycles. The van der Waals surface area contributed by atoms with Gasteiger partial charge in [0.25, 0.3) is 11.7 Å². The van der Waals surface area contributed by atoms with Gasteiger partial charge in [-0.3, -0.25) is 14.5 Å². The number of ketones is 1. The van der Waals surface area contributed by atoms with E-state index in [1.54, 1.807) is 48.5 Å². The summed E-state index contributed by atoms with van der Waals surface area (Å²) >= 11 is 6.15. The Kier molecular flexibility index (Phi) is 7.22. The third-order valence-electron chi connectivity index (χ3n) is 6.02. The molecule has 0 radical (unpaired) electrons. The van der Waals surface area contributed by atoms with E-state index in [9.17, 15) is 14.7 Å². The van der Waals surface area contributed by atoms with Gasteiger partial charge in [0.15, 0.2) is 0 Å². The molecule has 3 aromatic carbocycles. The molecule has 0 bridgehead atoms. The number of ether oxygens (including phenoxy) is 2. The molecule has 1 saturated heterocycles. The maximum absolute atomic E-state index is 13.4. The molecule has 1 unspecified atom stereocenters. The molecular formula is C28H27ClN2O5. The van der Waals surface area contributed by atoms with Crippen molar-refractivity contribution >= 4 is 40.4 Å². The van der Waals surface area contributed by atoms with Gasteiger partial charge in [-0.05, 0) is 67.1 Å². The van der Waals surface area contributed by atoms with E-state index in [1.165, 1.54) is 18.1 Å². The Morgan fingerprint density at radius 1 is 1.03 bits per heavy atom. The van der Waals surface area contributed by atoms with E-state index in [1.807, 2.05) is 38.1 Å². The van der Waals surface area contributed by atoms with Crippen LogP contribution in [0.15, 0.2) is 72.3 Å². The number of amides is 1. The van der Waals surface area contributed by atoms with E-state index < -0.39 is 17.7 Å². The van der Waals surface area contributed by atoms with E-state index in [0.717, 1.165) is 5.69 Å². The molecule has 0 spiro atoms. The summed E-state index contributed by atoms with van der Waals surface area (Å²) in [5, 5.41) is 11.7. The van der Waals surface area contributed by atoms with Crippen molar-refractivity contribution in [2.24, 2.45) is 0 Å². The maximum Gasteiger partial charge on any atom is 0.300 e. The zero-order valence-corrected chi connectivity index (χ0v) is 21.2. The number of rotatable bonds is 7. The van der Waals surface area contributed by atoms with Gasteiger partial charge >= 0.3 is 0 Å². The number of aliphatic hydroxyl groups excluding tert-OH is 1. The van der Waals surface area contributed by atoms with E-state index in [0.29, 0.717) is 39.9 Å². The van der Waals surface area contributed by atoms with E-state index in [4.69, 9.17) is 21.1 Å². The molecule has 3 aromatic rings. The smallest absolute Gasteiger partial charge is 0.300 e. The summed E-state index contributed by atoms with van der Waals surface area (Å²) in [4.78, 5) is 30.1. The number of anilines is 2. The van der Waals surface area contributed by atoms with Crippen molar-refractivity contribution in [1.82, 2.24) is 0 Å². The molecule has 1 aliphatic heterocycles. The van der Waals surface area contributed by atoms with Gasteiger partial charge in [0.1, 0.15) is 17.3 Å². The van der Waals surface area contributed by atoms with Gasteiger partial charge in [0, 0.05) is 31.0 Å². The largest absolute Gasteiger partial charge is 0.507 e. The molecule has 4 rings (SSSR count). The van der Waals surface area contributed by atoms with Crippen molar-refractivity contribution in [2.45, 2.75) is 13.0 Å². The fraction of sp³-hybridized carbons (Fsp3) is 0.214. The Hall–Kier alpha value is -3.97. The number of aliphatic hydroxyl groups is 1. The van der Waals surface area contributed by atoms with Crippen LogP contribution in [0, 0.1) is 0 Å². The van der Waals surface area contributed by atoms with Crippen LogP contribution in [-0.2, 0) is 9.59 Å². The molecule has 0 saturated carbocycles. The SMILES string of the molecule is CCOc1ccc(C2/C(=C(/O)c3ccc(Cl)c(OC)c3)C(=O)C(=O)N2c2ccc(N(C)C)cc2)cc1. The van der Waals surface area contributed by atoms with Crippen molar-refractivity contribution in [3.05, 3.63) is 88.5 Å². The molecule has 7 nitrogen and oxygen atoms in total. The third kappa shape index (κ3) is 4.62. The summed E-state index contributed by atoms with van der Waals surface area (Å²) in [7, 11) is 5.30. The van der Waals surface area contributed by atoms with Crippen LogP contribution < -0.4 is 19.3 Å². The van der Waals surface area contributed by atoms with Crippen molar-refractivity contribution < 1.29 is 24.2 Å². The summed E-state index contributed by atoms with van der Waals surface area (Å²) in [5.74, 6) is -0.816. The molecule has 8 heteroatoms. The van der Waals surface area contributed by atoms with Gasteiger partial charge in [-0.1, -0.05) is 23.7 Å². The molecule has 1 N–H and O–H groups in total. The van der Waals surface area contributed by atoms with E-state index in [-0.39, 0.29) is 11.3 Å². The average molecular weight is 507 g/mol. The Labute approximate surface area is 215 Å². The van der Waals surface area contributed by atoms with Gasteiger partial charge in [0.05, 0.1) is 30.4 Å². The Bertz CT molecular complexity index is 1320. The highest BCUT2D eigenvalue weighted by Gasteiger charge is 2.47. The van der Waals surface area contributed by atoms with Crippen LogP contribution in [0.1, 0.15) is 24.1 Å². The van der Waals surface area contributed by atoms with Gasteiger partial charge in [-0.15, -0.1) is 0 Å². The summed E-state index contributed by atoms with van der Waals surface area (Å²) in [6.07, 6.45) is 0. The fourth-order valence-corrected chi connectivity index (χ4v) is 4.40. The maximum atomic E-state index is 13.4. The standard InChI is InChI=1S/C28H27ClN2O5/c1-5-36-21-13-6-17(7-14-21)25-24(26(32)18-8-15-22(29)23(16-18)35-4)27(33)28(34)31(25)20-11-9-19(10-12-20)30(2)3/h6-16,25,32H,5H2,1-4H3/b26-24-. The molecule has 1 heterocycles. The lowest BCUT2D eigenvalue weighted by Crippen LogP contribution is -2.29. The molecule has 0 aliphatic carbocycles. The van der Waals surface area contributed by atoms with Gasteiger partial charge in [0.2, 0.25) is 0 Å².